The summed E-state index contributed by atoms with van der Waals surface area (Å²) < 4.78 is 5.14. The minimum atomic E-state index is -1.00. The lowest BCUT2D eigenvalue weighted by Gasteiger charge is -2.25. The van der Waals surface area contributed by atoms with Crippen molar-refractivity contribution in [2.75, 3.05) is 13.7 Å². The SMILES string of the molecule is COc1ccc(CC(NC(=O)C2CC(NC(=O)NC(C)C)CN2C(=O)c2cnccn2)C(N)=O)cc1. The predicted molar refractivity (Wildman–Crippen MR) is 130 cm³/mol. The molecule has 1 aromatic carbocycles. The van der Waals surface area contributed by atoms with Gasteiger partial charge in [-0.1, -0.05) is 12.1 Å². The predicted octanol–water partition coefficient (Wildman–Crippen LogP) is -0.0113. The number of likely N-dealkylation sites (tertiary alicyclic amines) is 1. The highest BCUT2D eigenvalue weighted by atomic mass is 16.5. The van der Waals surface area contributed by atoms with Crippen LogP contribution < -0.4 is 26.4 Å². The Hall–Kier alpha value is -4.22. The maximum absolute atomic E-state index is 13.3. The highest BCUT2D eigenvalue weighted by Gasteiger charge is 2.41. The molecule has 1 saturated heterocycles. The Morgan fingerprint density at radius 3 is 2.44 bits per heavy atom. The van der Waals surface area contributed by atoms with E-state index in [2.05, 4.69) is 25.9 Å². The number of benzene rings is 1. The van der Waals surface area contributed by atoms with E-state index in [0.29, 0.717) is 5.75 Å². The minimum Gasteiger partial charge on any atom is -0.497 e. The first-order valence-corrected chi connectivity index (χ1v) is 11.5. The van der Waals surface area contributed by atoms with Gasteiger partial charge >= 0.3 is 6.03 Å². The van der Waals surface area contributed by atoms with E-state index in [9.17, 15) is 19.2 Å². The molecule has 5 amide bonds. The molecular weight excluding hydrogens is 466 g/mol. The zero-order valence-corrected chi connectivity index (χ0v) is 20.4. The molecule has 0 aliphatic carbocycles. The number of nitrogens with zero attached hydrogens (tertiary/aromatic N) is 3. The monoisotopic (exact) mass is 497 g/mol. The number of carbonyl (C=O) groups excluding carboxylic acids is 4. The second-order valence-corrected chi connectivity index (χ2v) is 8.78. The van der Waals surface area contributed by atoms with Gasteiger partial charge in [-0.3, -0.25) is 19.4 Å². The molecule has 12 nitrogen and oxygen atoms in total. The average molecular weight is 498 g/mol. The molecule has 1 aliphatic rings. The largest absolute Gasteiger partial charge is 0.497 e. The Morgan fingerprint density at radius 2 is 1.86 bits per heavy atom. The van der Waals surface area contributed by atoms with Crippen LogP contribution >= 0.6 is 0 Å². The van der Waals surface area contributed by atoms with Crippen molar-refractivity contribution >= 4 is 23.8 Å². The molecular formula is C24H31N7O5. The van der Waals surface area contributed by atoms with Gasteiger partial charge in [-0.05, 0) is 38.0 Å². The fourth-order valence-electron chi connectivity index (χ4n) is 3.95. The highest BCUT2D eigenvalue weighted by molar-refractivity contribution is 5.97. The molecule has 3 atom stereocenters. The molecule has 36 heavy (non-hydrogen) atoms. The van der Waals surface area contributed by atoms with Crippen LogP contribution in [0.15, 0.2) is 42.9 Å². The second kappa shape index (κ2) is 12.0. The molecule has 0 spiro atoms. The summed E-state index contributed by atoms with van der Waals surface area (Å²) in [5.41, 5.74) is 6.40. The topological polar surface area (TPSA) is 169 Å². The van der Waals surface area contributed by atoms with Gasteiger partial charge in [-0.25, -0.2) is 9.78 Å². The minimum absolute atomic E-state index is 0.0623. The van der Waals surface area contributed by atoms with Crippen LogP contribution in [0.25, 0.3) is 0 Å². The summed E-state index contributed by atoms with van der Waals surface area (Å²) >= 11 is 0. The molecule has 192 valence electrons. The number of hydrogen-bond acceptors (Lipinski definition) is 7. The van der Waals surface area contributed by atoms with E-state index in [1.165, 1.54) is 23.5 Å². The number of hydrogen-bond donors (Lipinski definition) is 4. The van der Waals surface area contributed by atoms with Gasteiger partial charge in [0, 0.05) is 31.4 Å². The van der Waals surface area contributed by atoms with Crippen LogP contribution in [0.3, 0.4) is 0 Å². The van der Waals surface area contributed by atoms with Gasteiger partial charge in [0.2, 0.25) is 11.8 Å². The third kappa shape index (κ3) is 6.90. The normalized spacial score (nSPS) is 17.8. The molecule has 0 radical (unpaired) electrons. The first kappa shape index (κ1) is 26.4. The Bertz CT molecular complexity index is 1080. The van der Waals surface area contributed by atoms with Gasteiger partial charge in [-0.15, -0.1) is 0 Å². The van der Waals surface area contributed by atoms with Crippen LogP contribution in [0, 0.1) is 0 Å². The number of ether oxygens (including phenoxy) is 1. The van der Waals surface area contributed by atoms with Gasteiger partial charge in [-0.2, -0.15) is 0 Å². The quantitative estimate of drug-likeness (QED) is 0.378. The summed E-state index contributed by atoms with van der Waals surface area (Å²) in [6.07, 6.45) is 4.43. The first-order chi connectivity index (χ1) is 17.2. The molecule has 5 N–H and O–H groups in total. The van der Waals surface area contributed by atoms with Crippen molar-refractivity contribution in [2.24, 2.45) is 5.73 Å². The molecule has 1 fully saturated rings. The third-order valence-corrected chi connectivity index (χ3v) is 5.66. The summed E-state index contributed by atoms with van der Waals surface area (Å²) in [6.45, 7) is 3.72. The Labute approximate surface area is 209 Å². The van der Waals surface area contributed by atoms with Crippen LogP contribution in [-0.2, 0) is 16.0 Å². The van der Waals surface area contributed by atoms with Gasteiger partial charge in [0.05, 0.1) is 19.3 Å². The van der Waals surface area contributed by atoms with Crippen LogP contribution in [0.5, 0.6) is 5.75 Å². The van der Waals surface area contributed by atoms with Gasteiger partial charge in [0.1, 0.15) is 23.5 Å². The van der Waals surface area contributed by atoms with Crippen LogP contribution in [0.4, 0.5) is 4.79 Å². The first-order valence-electron chi connectivity index (χ1n) is 11.5. The standard InChI is InChI=1S/C24H31N7O5/c1-14(2)28-24(35)29-16-11-20(31(13-16)23(34)19-12-26-8-9-27-19)22(33)30-18(21(25)32)10-15-4-6-17(36-3)7-5-15/h4-9,12,14,16,18,20H,10-11,13H2,1-3H3,(H2,25,32)(H,30,33)(H2,28,29,35). The zero-order valence-electron chi connectivity index (χ0n) is 20.4. The van der Waals surface area contributed by atoms with E-state index in [4.69, 9.17) is 10.5 Å². The lowest BCUT2D eigenvalue weighted by molar-refractivity contribution is -0.129. The molecule has 3 rings (SSSR count). The second-order valence-electron chi connectivity index (χ2n) is 8.78. The molecule has 1 aromatic heterocycles. The molecule has 12 heteroatoms. The smallest absolute Gasteiger partial charge is 0.315 e. The van der Waals surface area contributed by atoms with Crippen LogP contribution in [0.2, 0.25) is 0 Å². The summed E-state index contributed by atoms with van der Waals surface area (Å²) in [5, 5.41) is 8.20. The number of nitrogens with two attached hydrogens (primary N) is 1. The zero-order chi connectivity index (χ0) is 26.2. The Kier molecular flexibility index (Phi) is 8.76. The maximum Gasteiger partial charge on any atom is 0.315 e. The van der Waals surface area contributed by atoms with Crippen LogP contribution in [-0.4, -0.2) is 76.4 Å². The van der Waals surface area contributed by atoms with E-state index in [0.717, 1.165) is 5.56 Å². The highest BCUT2D eigenvalue weighted by Crippen LogP contribution is 2.21. The number of rotatable bonds is 9. The third-order valence-electron chi connectivity index (χ3n) is 5.66. The van der Waals surface area contributed by atoms with Crippen LogP contribution in [0.1, 0.15) is 36.3 Å². The van der Waals surface area contributed by atoms with Crippen molar-refractivity contribution in [1.29, 1.82) is 0 Å². The van der Waals surface area contributed by atoms with E-state index in [-0.39, 0.29) is 31.1 Å². The molecule has 2 aromatic rings. The number of primary amides is 1. The number of urea groups is 1. The maximum atomic E-state index is 13.3. The molecule has 0 bridgehead atoms. The number of carbonyl (C=O) groups is 4. The van der Waals surface area contributed by atoms with E-state index in [1.807, 2.05) is 13.8 Å². The van der Waals surface area contributed by atoms with Crippen molar-refractivity contribution in [1.82, 2.24) is 30.8 Å². The molecule has 1 aliphatic heterocycles. The van der Waals surface area contributed by atoms with E-state index < -0.39 is 41.9 Å². The summed E-state index contributed by atoms with van der Waals surface area (Å²) in [7, 11) is 1.55. The summed E-state index contributed by atoms with van der Waals surface area (Å²) in [4.78, 5) is 60.1. The van der Waals surface area contributed by atoms with Crippen molar-refractivity contribution in [3.63, 3.8) is 0 Å². The number of amides is 5. The fraction of sp³-hybridized carbons (Fsp3) is 0.417. The molecule has 0 saturated carbocycles. The van der Waals surface area contributed by atoms with Crippen molar-refractivity contribution in [3.8, 4) is 5.75 Å². The van der Waals surface area contributed by atoms with Crippen molar-refractivity contribution < 1.29 is 23.9 Å². The van der Waals surface area contributed by atoms with E-state index in [1.54, 1.807) is 31.4 Å². The van der Waals surface area contributed by atoms with Gasteiger partial charge in [0.15, 0.2) is 0 Å². The molecule has 2 heterocycles. The summed E-state index contributed by atoms with van der Waals surface area (Å²) in [6, 6.07) is 4.08. The van der Waals surface area contributed by atoms with Crippen molar-refractivity contribution in [3.05, 3.63) is 54.1 Å². The Morgan fingerprint density at radius 1 is 1.14 bits per heavy atom. The Balaban J connectivity index is 1.77. The number of nitrogens with one attached hydrogen (secondary N) is 3. The number of aromatic nitrogens is 2. The lowest BCUT2D eigenvalue weighted by atomic mass is 10.0. The molecule has 3 unspecified atom stereocenters. The van der Waals surface area contributed by atoms with Gasteiger partial charge in [0.25, 0.3) is 5.91 Å². The lowest BCUT2D eigenvalue weighted by Crippen LogP contribution is -2.53. The van der Waals surface area contributed by atoms with Gasteiger partial charge < -0.3 is 31.3 Å². The fourth-order valence-corrected chi connectivity index (χ4v) is 3.95. The summed E-state index contributed by atoms with van der Waals surface area (Å²) in [5.74, 6) is -1.13. The number of methoxy groups -OCH3 is 1. The van der Waals surface area contributed by atoms with E-state index >= 15 is 0 Å². The average Bonchev–Trinajstić information content (AvgIpc) is 3.27. The van der Waals surface area contributed by atoms with Crippen molar-refractivity contribution in [2.45, 2.75) is 50.9 Å².